The summed E-state index contributed by atoms with van der Waals surface area (Å²) < 4.78 is 13.3. The van der Waals surface area contributed by atoms with Gasteiger partial charge in [0.2, 0.25) is 0 Å². The van der Waals surface area contributed by atoms with Crippen molar-refractivity contribution in [2.45, 2.75) is 32.9 Å². The quantitative estimate of drug-likeness (QED) is 0.284. The van der Waals surface area contributed by atoms with E-state index in [1.807, 2.05) is 30.9 Å². The first-order valence-electron chi connectivity index (χ1n) is 11.4. The van der Waals surface area contributed by atoms with Crippen molar-refractivity contribution in [2.24, 2.45) is 12.0 Å². The number of hydrogen-bond acceptors (Lipinski definition) is 5. The Balaban J connectivity index is 0.00000385. The summed E-state index contributed by atoms with van der Waals surface area (Å²) in [6.45, 7) is 11.0. The summed E-state index contributed by atoms with van der Waals surface area (Å²) in [4.78, 5) is 8.97. The van der Waals surface area contributed by atoms with Gasteiger partial charge in [0, 0.05) is 65.6 Å². The molecule has 1 N–H and O–H groups in total. The van der Waals surface area contributed by atoms with Gasteiger partial charge in [0.05, 0.1) is 18.9 Å². The number of nitrogens with one attached hydrogen (secondary N) is 1. The molecule has 2 aromatic rings. The number of hydrogen-bond donors (Lipinski definition) is 1. The Kier molecular flexibility index (Phi) is 11.4. The molecule has 3 rings (SSSR count). The number of benzene rings is 1. The topological polar surface area (TPSA) is 67.2 Å². The van der Waals surface area contributed by atoms with Crippen molar-refractivity contribution < 1.29 is 9.47 Å². The van der Waals surface area contributed by atoms with Gasteiger partial charge in [-0.2, -0.15) is 5.10 Å². The highest BCUT2D eigenvalue weighted by Crippen LogP contribution is 2.19. The van der Waals surface area contributed by atoms with Gasteiger partial charge >= 0.3 is 0 Å². The Morgan fingerprint density at radius 1 is 1.30 bits per heavy atom. The minimum absolute atomic E-state index is 0. The van der Waals surface area contributed by atoms with E-state index in [4.69, 9.17) is 9.47 Å². The number of halogens is 1. The molecule has 0 saturated carbocycles. The number of guanidine groups is 1. The molecule has 1 saturated heterocycles. The molecule has 0 radical (unpaired) electrons. The van der Waals surface area contributed by atoms with E-state index in [9.17, 15) is 0 Å². The van der Waals surface area contributed by atoms with Crippen molar-refractivity contribution >= 4 is 29.9 Å². The van der Waals surface area contributed by atoms with E-state index in [2.05, 4.69) is 64.4 Å². The monoisotopic (exact) mass is 570 g/mol. The molecule has 0 amide bonds. The van der Waals surface area contributed by atoms with Gasteiger partial charge in [-0.1, -0.05) is 26.0 Å². The van der Waals surface area contributed by atoms with E-state index in [0.29, 0.717) is 19.1 Å². The second-order valence-corrected chi connectivity index (χ2v) is 8.57. The average Bonchev–Trinajstić information content (AvgIpc) is 3.15. The molecule has 0 spiro atoms. The maximum Gasteiger partial charge on any atom is 0.193 e. The van der Waals surface area contributed by atoms with Crippen LogP contribution < -0.4 is 10.1 Å². The van der Waals surface area contributed by atoms with Crippen molar-refractivity contribution in [1.29, 1.82) is 0 Å². The lowest BCUT2D eigenvalue weighted by molar-refractivity contribution is 0.0322. The zero-order valence-corrected chi connectivity index (χ0v) is 22.9. The van der Waals surface area contributed by atoms with Gasteiger partial charge in [-0.15, -0.1) is 24.0 Å². The molecule has 1 aliphatic rings. The summed E-state index contributed by atoms with van der Waals surface area (Å²) in [7, 11) is 5.84. The molecule has 8 nitrogen and oxygen atoms in total. The largest absolute Gasteiger partial charge is 0.492 e. The summed E-state index contributed by atoms with van der Waals surface area (Å²) in [5.74, 6) is 2.14. The third kappa shape index (κ3) is 8.46. The lowest BCUT2D eigenvalue weighted by atomic mass is 10.1. The van der Waals surface area contributed by atoms with Crippen molar-refractivity contribution in [3.05, 3.63) is 47.3 Å². The van der Waals surface area contributed by atoms with Gasteiger partial charge in [-0.05, 0) is 23.6 Å². The molecular weight excluding hydrogens is 531 g/mol. The third-order valence-corrected chi connectivity index (χ3v) is 5.59. The third-order valence-electron chi connectivity index (χ3n) is 5.59. The number of nitrogens with zero attached hydrogens (tertiary/aromatic N) is 5. The fourth-order valence-corrected chi connectivity index (χ4v) is 3.92. The van der Waals surface area contributed by atoms with Crippen LogP contribution in [0.15, 0.2) is 35.5 Å². The van der Waals surface area contributed by atoms with Crippen LogP contribution in [-0.4, -0.2) is 79.1 Å². The summed E-state index contributed by atoms with van der Waals surface area (Å²) in [6, 6.07) is 8.25. The molecule has 184 valence electrons. The molecule has 0 bridgehead atoms. The predicted octanol–water partition coefficient (Wildman–Crippen LogP) is 3.08. The Morgan fingerprint density at radius 2 is 2.06 bits per heavy atom. The van der Waals surface area contributed by atoms with E-state index >= 15 is 0 Å². The van der Waals surface area contributed by atoms with Crippen LogP contribution in [0.4, 0.5) is 0 Å². The zero-order chi connectivity index (χ0) is 22.9. The number of aromatic nitrogens is 2. The van der Waals surface area contributed by atoms with Gasteiger partial charge in [-0.25, -0.2) is 0 Å². The number of morpholine rings is 1. The number of aliphatic imine (C=N–C) groups is 1. The lowest BCUT2D eigenvalue weighted by Crippen LogP contribution is -2.38. The number of rotatable bonds is 9. The van der Waals surface area contributed by atoms with Crippen LogP contribution >= 0.6 is 24.0 Å². The molecule has 1 aliphatic heterocycles. The molecule has 2 heterocycles. The molecule has 9 heteroatoms. The first-order chi connectivity index (χ1) is 15.5. The van der Waals surface area contributed by atoms with E-state index in [1.54, 1.807) is 0 Å². The fourth-order valence-electron chi connectivity index (χ4n) is 3.92. The van der Waals surface area contributed by atoms with Gasteiger partial charge < -0.3 is 19.7 Å². The van der Waals surface area contributed by atoms with Crippen LogP contribution in [-0.2, 0) is 24.9 Å². The Bertz CT molecular complexity index is 880. The van der Waals surface area contributed by atoms with Crippen LogP contribution in [0.2, 0.25) is 0 Å². The predicted molar refractivity (Wildman–Crippen MR) is 144 cm³/mol. The van der Waals surface area contributed by atoms with Crippen LogP contribution in [0, 0.1) is 0 Å². The van der Waals surface area contributed by atoms with Crippen molar-refractivity contribution in [2.75, 3.05) is 53.6 Å². The summed E-state index contributed by atoms with van der Waals surface area (Å²) in [5.41, 5.74) is 3.52. The van der Waals surface area contributed by atoms with Gasteiger partial charge in [-0.3, -0.25) is 14.6 Å². The van der Waals surface area contributed by atoms with E-state index in [1.165, 1.54) is 5.56 Å². The van der Waals surface area contributed by atoms with E-state index < -0.39 is 0 Å². The lowest BCUT2D eigenvalue weighted by Gasteiger charge is -2.26. The van der Waals surface area contributed by atoms with Gasteiger partial charge in [0.1, 0.15) is 12.4 Å². The highest BCUT2D eigenvalue weighted by molar-refractivity contribution is 14.0. The zero-order valence-electron chi connectivity index (χ0n) is 20.6. The van der Waals surface area contributed by atoms with Crippen LogP contribution in [0.1, 0.15) is 36.6 Å². The summed E-state index contributed by atoms with van der Waals surface area (Å²) in [5, 5.41) is 8.08. The van der Waals surface area contributed by atoms with Gasteiger partial charge in [0.25, 0.3) is 0 Å². The Hall–Kier alpha value is -1.85. The smallest absolute Gasteiger partial charge is 0.193 e. The first-order valence-corrected chi connectivity index (χ1v) is 11.4. The standard InChI is InChI=1S/C24H38N6O2.HI/c1-19(2)23-21(18-29(5)27-23)17-28(4)24(25-3)26-16-20-7-6-8-22(15-20)32-14-11-30-9-12-31-13-10-30;/h6-8,15,18-19H,9-14,16-17H2,1-5H3,(H,25,26);1H. The second-order valence-electron chi connectivity index (χ2n) is 8.57. The fraction of sp³-hybridized carbons (Fsp3) is 0.583. The molecule has 0 atom stereocenters. The van der Waals surface area contributed by atoms with Crippen molar-refractivity contribution in [1.82, 2.24) is 24.9 Å². The van der Waals surface area contributed by atoms with E-state index in [-0.39, 0.29) is 24.0 Å². The summed E-state index contributed by atoms with van der Waals surface area (Å²) >= 11 is 0. The van der Waals surface area contributed by atoms with Crippen LogP contribution in [0.3, 0.4) is 0 Å². The second kappa shape index (κ2) is 13.8. The average molecular weight is 571 g/mol. The Labute approximate surface area is 215 Å². The maximum absolute atomic E-state index is 5.99. The molecule has 1 fully saturated rings. The Morgan fingerprint density at radius 3 is 2.76 bits per heavy atom. The van der Waals surface area contributed by atoms with Crippen molar-refractivity contribution in [3.8, 4) is 5.75 Å². The maximum atomic E-state index is 5.99. The molecule has 1 aromatic heterocycles. The molecule has 1 aromatic carbocycles. The van der Waals surface area contributed by atoms with Crippen LogP contribution in [0.25, 0.3) is 0 Å². The molecule has 0 unspecified atom stereocenters. The number of aryl methyl sites for hydroxylation is 1. The minimum atomic E-state index is 0. The first kappa shape index (κ1) is 27.4. The highest BCUT2D eigenvalue weighted by atomic mass is 127. The molecule has 33 heavy (non-hydrogen) atoms. The normalized spacial score (nSPS) is 14.8. The van der Waals surface area contributed by atoms with Crippen LogP contribution in [0.5, 0.6) is 5.75 Å². The van der Waals surface area contributed by atoms with E-state index in [0.717, 1.165) is 62.4 Å². The SMILES string of the molecule is CN=C(NCc1cccc(OCCN2CCOCC2)c1)N(C)Cc1cn(C)nc1C(C)C.I. The molecule has 0 aliphatic carbocycles. The molecular formula is C24H39IN6O2. The highest BCUT2D eigenvalue weighted by Gasteiger charge is 2.15. The number of ether oxygens (including phenoxy) is 2. The van der Waals surface area contributed by atoms with Gasteiger partial charge in [0.15, 0.2) is 5.96 Å². The minimum Gasteiger partial charge on any atom is -0.492 e. The summed E-state index contributed by atoms with van der Waals surface area (Å²) in [6.07, 6.45) is 2.09. The van der Waals surface area contributed by atoms with Crippen molar-refractivity contribution in [3.63, 3.8) is 0 Å².